The first-order valence-electron chi connectivity index (χ1n) is 12.6. The zero-order valence-corrected chi connectivity index (χ0v) is 19.3. The molecule has 0 spiro atoms. The van der Waals surface area contributed by atoms with Crippen molar-refractivity contribution in [1.29, 1.82) is 0 Å². The maximum absolute atomic E-state index is 4.91. The monoisotopic (exact) mass is 446 g/mol. The second-order valence-electron chi connectivity index (χ2n) is 10.3. The van der Waals surface area contributed by atoms with E-state index in [1.807, 2.05) is 6.20 Å². The average Bonchev–Trinajstić information content (AvgIpc) is 3.47. The lowest BCUT2D eigenvalue weighted by Gasteiger charge is -2.41. The van der Waals surface area contributed by atoms with E-state index in [1.54, 1.807) is 0 Å². The Balaban J connectivity index is 1.36. The lowest BCUT2D eigenvalue weighted by Crippen LogP contribution is -2.27. The third-order valence-corrected chi connectivity index (χ3v) is 8.59. The van der Waals surface area contributed by atoms with Crippen LogP contribution in [-0.2, 0) is 25.7 Å². The summed E-state index contributed by atoms with van der Waals surface area (Å²) in [5.74, 6) is 0. The Morgan fingerprint density at radius 3 is 2.11 bits per heavy atom. The predicted octanol–water partition coefficient (Wildman–Crippen LogP) is 7.50. The third kappa shape index (κ3) is 2.23. The van der Waals surface area contributed by atoms with Crippen molar-refractivity contribution in [2.75, 3.05) is 4.90 Å². The lowest BCUT2D eigenvalue weighted by molar-refractivity contribution is 0.950. The van der Waals surface area contributed by atoms with Crippen molar-refractivity contribution in [3.05, 3.63) is 130 Å². The molecule has 5 aromatic rings. The molecule has 164 valence electrons. The van der Waals surface area contributed by atoms with Crippen molar-refractivity contribution in [3.8, 4) is 22.3 Å². The quantitative estimate of drug-likeness (QED) is 0.240. The van der Waals surface area contributed by atoms with Gasteiger partial charge in [0.1, 0.15) is 0 Å². The minimum Gasteiger partial charge on any atom is -0.307 e. The van der Waals surface area contributed by atoms with Crippen molar-refractivity contribution in [2.45, 2.75) is 25.7 Å². The number of nitrogens with zero attached hydrogens (tertiary/aromatic N) is 2. The van der Waals surface area contributed by atoms with Gasteiger partial charge >= 0.3 is 0 Å². The molecule has 2 heteroatoms. The molecule has 1 aromatic heterocycles. The second-order valence-corrected chi connectivity index (χ2v) is 10.3. The number of rotatable bonds is 0. The average molecular weight is 447 g/mol. The fourth-order valence-corrected chi connectivity index (χ4v) is 7.16. The number of anilines is 3. The first kappa shape index (κ1) is 18.2. The smallest absolute Gasteiger partial charge is 0.0688 e. The van der Waals surface area contributed by atoms with Gasteiger partial charge in [-0.1, -0.05) is 60.7 Å². The molecule has 0 atom stereocenters. The number of hydrogen-bond acceptors (Lipinski definition) is 2. The largest absolute Gasteiger partial charge is 0.307 e. The van der Waals surface area contributed by atoms with Gasteiger partial charge in [0.15, 0.2) is 0 Å². The number of hydrogen-bond donors (Lipinski definition) is 0. The summed E-state index contributed by atoms with van der Waals surface area (Å²) >= 11 is 0. The zero-order chi connectivity index (χ0) is 22.7. The standard InChI is InChI=1S/C33H22N2/c1-3-8-23-20(7-1)16-28-25(23)12-11-21-14-22-17-26-24-9-4-2-6-19(24)15-27(26)29-18-30-31(10-5-13-34-30)35(32(21)28)33(22)29/h1-13,17H,14-16,18H2. The summed E-state index contributed by atoms with van der Waals surface area (Å²) in [6.45, 7) is 0. The van der Waals surface area contributed by atoms with Crippen LogP contribution >= 0.6 is 0 Å². The number of aromatic nitrogens is 1. The highest BCUT2D eigenvalue weighted by molar-refractivity contribution is 5.97. The summed E-state index contributed by atoms with van der Waals surface area (Å²) in [4.78, 5) is 7.50. The van der Waals surface area contributed by atoms with Crippen LogP contribution in [0.4, 0.5) is 17.1 Å². The molecular formula is C33H22N2. The summed E-state index contributed by atoms with van der Waals surface area (Å²) in [6, 6.07) is 29.5. The van der Waals surface area contributed by atoms with E-state index in [2.05, 4.69) is 83.8 Å². The van der Waals surface area contributed by atoms with Gasteiger partial charge in [-0.3, -0.25) is 4.98 Å². The Labute approximate surface area is 204 Å². The van der Waals surface area contributed by atoms with E-state index in [4.69, 9.17) is 4.98 Å². The van der Waals surface area contributed by atoms with Crippen LogP contribution in [-0.4, -0.2) is 4.98 Å². The van der Waals surface area contributed by atoms with Gasteiger partial charge in [-0.25, -0.2) is 0 Å². The van der Waals surface area contributed by atoms with Crippen molar-refractivity contribution >= 4 is 17.1 Å². The molecule has 0 N–H and O–H groups in total. The molecule has 0 bridgehead atoms. The van der Waals surface area contributed by atoms with E-state index in [1.165, 1.54) is 84.0 Å². The molecule has 2 nitrogen and oxygen atoms in total. The summed E-state index contributed by atoms with van der Waals surface area (Å²) < 4.78 is 0. The van der Waals surface area contributed by atoms with Gasteiger partial charge < -0.3 is 4.90 Å². The van der Waals surface area contributed by atoms with Crippen molar-refractivity contribution in [2.24, 2.45) is 0 Å². The fraction of sp³-hybridized carbons (Fsp3) is 0.121. The van der Waals surface area contributed by atoms with E-state index in [0.29, 0.717) is 0 Å². The van der Waals surface area contributed by atoms with Crippen LogP contribution in [0.3, 0.4) is 0 Å². The molecule has 2 aliphatic carbocycles. The molecule has 0 saturated carbocycles. The lowest BCUT2D eigenvalue weighted by atomic mass is 9.82. The van der Waals surface area contributed by atoms with Crippen LogP contribution < -0.4 is 4.90 Å². The second kappa shape index (κ2) is 6.28. The SMILES string of the molecule is c1ccc2c(c1)Cc1c-2cc2c3c1Cc1ncccc1N3c1c(ccc3c1Cc1ccccc1-3)C2. The van der Waals surface area contributed by atoms with E-state index in [9.17, 15) is 0 Å². The van der Waals surface area contributed by atoms with Gasteiger partial charge in [-0.05, 0) is 85.8 Å². The summed E-state index contributed by atoms with van der Waals surface area (Å²) in [5, 5.41) is 0. The maximum atomic E-state index is 4.91. The van der Waals surface area contributed by atoms with Crippen LogP contribution in [0.1, 0.15) is 44.6 Å². The molecule has 0 fully saturated rings. The Kier molecular flexibility index (Phi) is 3.27. The first-order valence-corrected chi connectivity index (χ1v) is 12.6. The molecule has 3 heterocycles. The van der Waals surface area contributed by atoms with E-state index in [-0.39, 0.29) is 0 Å². The molecule has 4 aliphatic rings. The molecule has 4 aromatic carbocycles. The molecule has 0 saturated heterocycles. The molecule has 35 heavy (non-hydrogen) atoms. The molecule has 0 radical (unpaired) electrons. The van der Waals surface area contributed by atoms with Crippen LogP contribution in [0.2, 0.25) is 0 Å². The van der Waals surface area contributed by atoms with Crippen molar-refractivity contribution in [1.82, 2.24) is 4.98 Å². The highest BCUT2D eigenvalue weighted by Gasteiger charge is 2.38. The number of pyridine rings is 1. The topological polar surface area (TPSA) is 16.1 Å². The minimum atomic E-state index is 0.913. The number of fused-ring (bicyclic) bond motifs is 12. The van der Waals surface area contributed by atoms with Gasteiger partial charge in [0.2, 0.25) is 0 Å². The Morgan fingerprint density at radius 1 is 0.514 bits per heavy atom. The summed E-state index contributed by atoms with van der Waals surface area (Å²) in [5.41, 5.74) is 21.1. The summed E-state index contributed by atoms with van der Waals surface area (Å²) in [6.07, 6.45) is 5.88. The molecular weight excluding hydrogens is 424 g/mol. The van der Waals surface area contributed by atoms with Crippen LogP contribution in [0.15, 0.2) is 85.1 Å². The molecule has 2 aliphatic heterocycles. The Bertz CT molecular complexity index is 1760. The number of benzene rings is 4. The zero-order valence-electron chi connectivity index (χ0n) is 19.3. The van der Waals surface area contributed by atoms with Gasteiger partial charge in [-0.2, -0.15) is 0 Å². The van der Waals surface area contributed by atoms with Crippen LogP contribution in [0.5, 0.6) is 0 Å². The minimum absolute atomic E-state index is 0.913. The third-order valence-electron chi connectivity index (χ3n) is 8.59. The summed E-state index contributed by atoms with van der Waals surface area (Å²) in [7, 11) is 0. The fourth-order valence-electron chi connectivity index (χ4n) is 7.16. The van der Waals surface area contributed by atoms with E-state index in [0.717, 1.165) is 25.7 Å². The van der Waals surface area contributed by atoms with Gasteiger partial charge in [0, 0.05) is 25.5 Å². The highest BCUT2D eigenvalue weighted by Crippen LogP contribution is 2.57. The molecule has 9 rings (SSSR count). The van der Waals surface area contributed by atoms with Gasteiger partial charge in [0.25, 0.3) is 0 Å². The van der Waals surface area contributed by atoms with Crippen LogP contribution in [0.25, 0.3) is 22.3 Å². The van der Waals surface area contributed by atoms with E-state index < -0.39 is 0 Å². The Hall–Kier alpha value is -4.17. The molecule has 0 amide bonds. The molecule has 0 unspecified atom stereocenters. The van der Waals surface area contributed by atoms with Crippen LogP contribution in [0, 0.1) is 0 Å². The Morgan fingerprint density at radius 2 is 1.26 bits per heavy atom. The highest BCUT2D eigenvalue weighted by atomic mass is 15.2. The normalized spacial score (nSPS) is 14.9. The van der Waals surface area contributed by atoms with Gasteiger partial charge in [-0.15, -0.1) is 0 Å². The van der Waals surface area contributed by atoms with Gasteiger partial charge in [0.05, 0.1) is 22.8 Å². The van der Waals surface area contributed by atoms with Crippen molar-refractivity contribution in [3.63, 3.8) is 0 Å². The maximum Gasteiger partial charge on any atom is 0.0688 e. The van der Waals surface area contributed by atoms with Crippen molar-refractivity contribution < 1.29 is 0 Å². The van der Waals surface area contributed by atoms with E-state index >= 15 is 0 Å². The predicted molar refractivity (Wildman–Crippen MR) is 141 cm³/mol. The first-order chi connectivity index (χ1) is 17.3.